The fourth-order valence-electron chi connectivity index (χ4n) is 4.04. The van der Waals surface area contributed by atoms with E-state index in [1.165, 1.54) is 6.20 Å². The molecular formula is C26H33Cl2N7O2. The third-order valence-electron chi connectivity index (χ3n) is 5.90. The van der Waals surface area contributed by atoms with Crippen LogP contribution in [0.2, 0.25) is 5.02 Å². The summed E-state index contributed by atoms with van der Waals surface area (Å²) in [4.78, 5) is 20.2. The molecule has 2 heterocycles. The number of aliphatic hydroxyl groups is 1. The minimum absolute atomic E-state index is 0.171. The maximum absolute atomic E-state index is 10.1. The van der Waals surface area contributed by atoms with Crippen LogP contribution in [0.5, 0.6) is 5.75 Å². The first-order chi connectivity index (χ1) is 17.7. The molecule has 0 unspecified atom stereocenters. The van der Waals surface area contributed by atoms with Gasteiger partial charge < -0.3 is 26.2 Å². The number of halogens is 2. The lowest BCUT2D eigenvalue weighted by atomic mass is 10.1. The number of aromatic nitrogens is 2. The Bertz CT molecular complexity index is 1260. The first-order valence-corrected chi connectivity index (χ1v) is 12.7. The molecule has 37 heavy (non-hydrogen) atoms. The number of hydrogen-bond donors (Lipinski definition) is 3. The number of anilines is 1. The van der Waals surface area contributed by atoms with Gasteiger partial charge in [-0.3, -0.25) is 9.98 Å². The number of allylic oxidation sites excluding steroid dienone is 1. The quantitative estimate of drug-likeness (QED) is 0.386. The summed E-state index contributed by atoms with van der Waals surface area (Å²) >= 11 is 13.0. The van der Waals surface area contributed by atoms with Crippen molar-refractivity contribution in [3.8, 4) is 17.1 Å². The monoisotopic (exact) mass is 545 g/mol. The van der Waals surface area contributed by atoms with Crippen molar-refractivity contribution in [2.75, 3.05) is 38.7 Å². The molecule has 11 heteroatoms. The normalized spacial score (nSPS) is 15.7. The molecule has 1 aliphatic rings. The minimum atomic E-state index is -0.555. The molecule has 5 N–H and O–H groups in total. The van der Waals surface area contributed by atoms with E-state index in [9.17, 15) is 5.11 Å². The zero-order valence-corrected chi connectivity index (χ0v) is 23.0. The van der Waals surface area contributed by atoms with Crippen molar-refractivity contribution in [1.29, 1.82) is 0 Å². The number of aliphatic imine (C=N–C) groups is 2. The Morgan fingerprint density at radius 1 is 1.30 bits per heavy atom. The summed E-state index contributed by atoms with van der Waals surface area (Å²) in [6.07, 6.45) is 3.99. The van der Waals surface area contributed by atoms with Crippen molar-refractivity contribution in [2.24, 2.45) is 21.5 Å². The lowest BCUT2D eigenvalue weighted by molar-refractivity contribution is 0.0994. The summed E-state index contributed by atoms with van der Waals surface area (Å²) in [5.74, 6) is 1.56. The second kappa shape index (κ2) is 12.9. The molecule has 0 aliphatic carbocycles. The lowest BCUT2D eigenvalue weighted by Crippen LogP contribution is -2.26. The largest absolute Gasteiger partial charge is 0.491 e. The maximum atomic E-state index is 10.1. The van der Waals surface area contributed by atoms with Crippen LogP contribution in [0.4, 0.5) is 5.82 Å². The predicted molar refractivity (Wildman–Crippen MR) is 152 cm³/mol. The van der Waals surface area contributed by atoms with Gasteiger partial charge in [-0.2, -0.15) is 0 Å². The Morgan fingerprint density at radius 2 is 2.05 bits per heavy atom. The Balaban J connectivity index is 2.13. The van der Waals surface area contributed by atoms with Crippen LogP contribution in [0.3, 0.4) is 0 Å². The fourth-order valence-corrected chi connectivity index (χ4v) is 4.42. The maximum Gasteiger partial charge on any atom is 0.163 e. The van der Waals surface area contributed by atoms with Gasteiger partial charge in [-0.25, -0.2) is 9.97 Å². The lowest BCUT2D eigenvalue weighted by Gasteiger charge is -2.22. The minimum Gasteiger partial charge on any atom is -0.491 e. The second-order valence-corrected chi connectivity index (χ2v) is 9.43. The molecule has 0 saturated heterocycles. The van der Waals surface area contributed by atoms with Gasteiger partial charge in [0.25, 0.3) is 0 Å². The molecule has 9 nitrogen and oxygen atoms in total. The highest BCUT2D eigenvalue weighted by molar-refractivity contribution is 6.46. The van der Waals surface area contributed by atoms with Gasteiger partial charge in [-0.1, -0.05) is 36.5 Å². The van der Waals surface area contributed by atoms with Crippen molar-refractivity contribution in [3.63, 3.8) is 0 Å². The van der Waals surface area contributed by atoms with Crippen LogP contribution in [-0.2, 0) is 0 Å². The van der Waals surface area contributed by atoms with Crippen molar-refractivity contribution < 1.29 is 9.84 Å². The average Bonchev–Trinajstić information content (AvgIpc) is 3.25. The Hall–Kier alpha value is -3.14. The highest BCUT2D eigenvalue weighted by Crippen LogP contribution is 2.34. The van der Waals surface area contributed by atoms with Gasteiger partial charge in [0.05, 0.1) is 28.4 Å². The molecule has 0 spiro atoms. The molecule has 0 radical (unpaired) electrons. The molecule has 1 atom stereocenters. The summed E-state index contributed by atoms with van der Waals surface area (Å²) in [6, 6.07) is 5.22. The van der Waals surface area contributed by atoms with E-state index < -0.39 is 6.10 Å². The van der Waals surface area contributed by atoms with Crippen LogP contribution < -0.4 is 21.1 Å². The first kappa shape index (κ1) is 28.4. The molecule has 198 valence electrons. The third-order valence-corrected chi connectivity index (χ3v) is 6.54. The summed E-state index contributed by atoms with van der Waals surface area (Å²) in [6.45, 7) is 5.09. The van der Waals surface area contributed by atoms with Crippen molar-refractivity contribution in [2.45, 2.75) is 32.8 Å². The van der Waals surface area contributed by atoms with Gasteiger partial charge >= 0.3 is 0 Å². The second-order valence-electron chi connectivity index (χ2n) is 8.62. The summed E-state index contributed by atoms with van der Waals surface area (Å²) in [7, 11) is 3.33. The number of hydrogen-bond acceptors (Lipinski definition) is 9. The Labute approximate surface area is 227 Å². The van der Waals surface area contributed by atoms with Gasteiger partial charge in [-0.05, 0) is 31.5 Å². The van der Waals surface area contributed by atoms with Crippen LogP contribution in [0, 0.1) is 6.92 Å². The van der Waals surface area contributed by atoms with Crippen LogP contribution in [-0.4, -0.2) is 66.9 Å². The smallest absolute Gasteiger partial charge is 0.163 e. The van der Waals surface area contributed by atoms with Crippen molar-refractivity contribution in [3.05, 3.63) is 57.0 Å². The molecule has 0 fully saturated rings. The van der Waals surface area contributed by atoms with E-state index in [1.54, 1.807) is 38.5 Å². The first-order valence-electron chi connectivity index (χ1n) is 11.9. The zero-order valence-electron chi connectivity index (χ0n) is 21.5. The summed E-state index contributed by atoms with van der Waals surface area (Å²) in [5.41, 5.74) is 15.9. The van der Waals surface area contributed by atoms with Gasteiger partial charge in [0, 0.05) is 55.5 Å². The van der Waals surface area contributed by atoms with Crippen molar-refractivity contribution >= 4 is 40.9 Å². The van der Waals surface area contributed by atoms with E-state index in [4.69, 9.17) is 49.4 Å². The van der Waals surface area contributed by atoms with Crippen LogP contribution in [0.1, 0.15) is 31.0 Å². The highest BCUT2D eigenvalue weighted by atomic mass is 35.5. The van der Waals surface area contributed by atoms with Crippen LogP contribution in [0.25, 0.3) is 11.4 Å². The van der Waals surface area contributed by atoms with Crippen molar-refractivity contribution in [1.82, 2.24) is 9.97 Å². The van der Waals surface area contributed by atoms with E-state index in [0.717, 1.165) is 23.3 Å². The van der Waals surface area contributed by atoms with E-state index in [-0.39, 0.29) is 11.6 Å². The molecular weight excluding hydrogens is 513 g/mol. The van der Waals surface area contributed by atoms with Gasteiger partial charge in [0.1, 0.15) is 23.9 Å². The highest BCUT2D eigenvalue weighted by Gasteiger charge is 2.26. The standard InChI is InChI=1S/C26H33Cl2N7O2/c1-5-6-17(36)14-37-18-7-8-20(27)19(9-18)25-33-23(24(32-4)21(28)10-29)15(2)26(34-25)35-12-16(11-31-3)22(30)13-35/h7-11,17,36H,5-6,12-14,29-30H2,1-4H3/t17-/m1/s1. The van der Waals surface area contributed by atoms with E-state index in [1.807, 2.05) is 18.7 Å². The van der Waals surface area contributed by atoms with Gasteiger partial charge in [0.2, 0.25) is 0 Å². The summed E-state index contributed by atoms with van der Waals surface area (Å²) < 4.78 is 5.82. The van der Waals surface area contributed by atoms with Crippen LogP contribution in [0.15, 0.2) is 50.7 Å². The SMILES string of the molecule is CCC[C@@H](O)COc1ccc(Cl)c(-c2nc(C(=NC)C(Cl)=CN)c(C)c(N3CC(N)=C(C=NC)C3)n2)c1. The average molecular weight is 547 g/mol. The number of nitrogens with two attached hydrogens (primary N) is 2. The number of nitrogens with zero attached hydrogens (tertiary/aromatic N) is 5. The number of benzene rings is 1. The van der Waals surface area contributed by atoms with E-state index in [0.29, 0.717) is 58.9 Å². The molecule has 1 aliphatic heterocycles. The van der Waals surface area contributed by atoms with Crippen LogP contribution >= 0.6 is 23.2 Å². The molecule has 1 aromatic carbocycles. The zero-order chi connectivity index (χ0) is 27.1. The Morgan fingerprint density at radius 3 is 2.70 bits per heavy atom. The van der Waals surface area contributed by atoms with Gasteiger partial charge in [-0.15, -0.1) is 0 Å². The van der Waals surface area contributed by atoms with Gasteiger partial charge in [0.15, 0.2) is 5.82 Å². The topological polar surface area (TPSA) is 135 Å². The van der Waals surface area contributed by atoms with E-state index in [2.05, 4.69) is 9.98 Å². The molecule has 0 saturated carbocycles. The van der Waals surface area contributed by atoms with E-state index >= 15 is 0 Å². The molecule has 3 rings (SSSR count). The predicted octanol–water partition coefficient (Wildman–Crippen LogP) is 3.84. The molecule has 0 bridgehead atoms. The number of aliphatic hydroxyl groups excluding tert-OH is 1. The fraction of sp³-hybridized carbons (Fsp3) is 0.385. The molecule has 2 aromatic rings. The number of ether oxygens (including phenoxy) is 1. The Kier molecular flexibility index (Phi) is 9.91. The molecule has 1 aromatic heterocycles. The third kappa shape index (κ3) is 6.60. The number of rotatable bonds is 10. The molecule has 0 amide bonds. The summed E-state index contributed by atoms with van der Waals surface area (Å²) in [5, 5.41) is 10.8.